The molecule has 0 N–H and O–H groups in total. The number of rotatable bonds is 0. The van der Waals surface area contributed by atoms with Gasteiger partial charge in [-0.15, -0.1) is 0 Å². The monoisotopic (exact) mass is 1080 g/mol. The molecule has 0 fully saturated rings. The summed E-state index contributed by atoms with van der Waals surface area (Å²) in [5.74, 6) is 0. The fourth-order valence-corrected chi connectivity index (χ4v) is 0. The van der Waals surface area contributed by atoms with Crippen LogP contribution in [0.15, 0.2) is 0 Å². The fraction of sp³-hybridized carbons (Fsp3) is 0. The fourth-order valence-electron chi connectivity index (χ4n) is 0. The number of hydrogen-bond donors (Lipinski definition) is 0. The Balaban J connectivity index is -0.0000000134. The third-order valence-corrected chi connectivity index (χ3v) is 0. The Labute approximate surface area is 321 Å². The molecule has 21 nitrogen and oxygen atoms in total. The molecule has 0 unspecified atom stereocenters. The Morgan fingerprint density at radius 2 is 0.265 bits per heavy atom. The van der Waals surface area contributed by atoms with E-state index in [2.05, 4.69) is 0 Å². The van der Waals surface area contributed by atoms with Gasteiger partial charge in [0, 0.05) is 64.2 Å². The second kappa shape index (κ2) is 76.5. The maximum absolute atomic E-state index is 8.52. The van der Waals surface area contributed by atoms with Crippen molar-refractivity contribution in [2.45, 2.75) is 0 Å². The Hall–Kier alpha value is 2.75. The maximum atomic E-state index is 8.52. The van der Waals surface area contributed by atoms with Crippen molar-refractivity contribution in [1.82, 2.24) is 0 Å². The van der Waals surface area contributed by atoms with E-state index in [0.29, 0.717) is 0 Å². The van der Waals surface area contributed by atoms with E-state index in [4.69, 9.17) is 98.4 Å². The van der Waals surface area contributed by atoms with Gasteiger partial charge in [0.05, 0.1) is 0 Å². The van der Waals surface area contributed by atoms with E-state index in [1.54, 1.807) is 0 Å². The molecule has 0 aromatic rings. The van der Waals surface area contributed by atoms with Crippen LogP contribution in [0, 0.1) is 0 Å². The maximum Gasteiger partial charge on any atom is 3.00 e. The van der Waals surface area contributed by atoms with Gasteiger partial charge in [-0.05, 0) is 0 Å². The van der Waals surface area contributed by atoms with Crippen LogP contribution in [0.2, 0.25) is 0 Å². The average Bonchev–Trinajstić information content (AvgIpc) is 2.20. The molecular weight excluding hydrogens is 1080 g/mol. The zero-order valence-corrected chi connectivity index (χ0v) is 37.1. The van der Waals surface area contributed by atoms with Crippen molar-refractivity contribution in [3.05, 3.63) is 0 Å². The van der Waals surface area contributed by atoms with Gasteiger partial charge in [-0.3, -0.25) is 0 Å². The zero-order chi connectivity index (χ0) is 25.0. The molecule has 0 saturated heterocycles. The second-order valence-electron chi connectivity index (χ2n) is 1.75. The van der Waals surface area contributed by atoms with Crippen molar-refractivity contribution in [3.8, 4) is 0 Å². The first kappa shape index (κ1) is 83.3. The topological polar surface area (TPSA) is 442 Å². The molecule has 0 bridgehead atoms. The molecule has 172 valence electrons. The van der Waals surface area contributed by atoms with Crippen LogP contribution in [0.1, 0.15) is 0 Å². The molecule has 0 aliphatic carbocycles. The van der Waals surface area contributed by atoms with Crippen molar-refractivity contribution in [2.75, 3.05) is 0 Å². The Morgan fingerprint density at radius 3 is 0.265 bits per heavy atom. The quantitative estimate of drug-likeness (QED) is 0.203. The van der Waals surface area contributed by atoms with E-state index in [1.165, 1.54) is 0 Å². The Bertz CT molecular complexity index is 334. The predicted octanol–water partition coefficient (Wildman–Crippen LogP) is -22.4. The first-order chi connectivity index (χ1) is 12.1. The van der Waals surface area contributed by atoms with Crippen molar-refractivity contribution in [1.29, 1.82) is 0 Å². The molecule has 0 spiro atoms. The van der Waals surface area contributed by atoms with E-state index in [1.807, 2.05) is 0 Å². The summed E-state index contributed by atoms with van der Waals surface area (Å²) in [4.78, 5) is 119. The minimum atomic E-state index is -3.63. The van der Waals surface area contributed by atoms with Crippen LogP contribution in [0.25, 0.3) is 0 Å². The average molecular weight is 1080 g/mol. The van der Waals surface area contributed by atoms with Crippen LogP contribution >= 0.6 is 0 Å². The summed E-state index contributed by atoms with van der Waals surface area (Å²) in [6.45, 7) is 0. The SMILES string of the molecule is O=[Si]([O-])[O-].O=[Si]([O-])[O-].O=[Si]([O-])[O-].O=[Si]([O-])[O-].O=[Si]([O-])[O-].O=[Si]([O-])[O-].O=[Si]([O-])[O-].[Al+3].[Al+3].[Ca+2].[Ca+2].[Pb+2].[Pb+2]. The summed E-state index contributed by atoms with van der Waals surface area (Å²) in [5.41, 5.74) is 0. The second-order valence-corrected chi connectivity index (χ2v) is 5.25. The molecule has 34 heavy (non-hydrogen) atoms. The van der Waals surface area contributed by atoms with Gasteiger partial charge in [0.1, 0.15) is 0 Å². The minimum Gasteiger partial charge on any atom is -0.672 e. The van der Waals surface area contributed by atoms with Gasteiger partial charge in [-0.25, -0.2) is 0 Å². The smallest absolute Gasteiger partial charge is 0.672 e. The normalized spacial score (nSPS) is 4.94. The summed E-state index contributed by atoms with van der Waals surface area (Å²) < 4.78 is 59.6. The van der Waals surface area contributed by atoms with E-state index in [9.17, 15) is 0 Å². The van der Waals surface area contributed by atoms with Crippen LogP contribution in [0.3, 0.4) is 0 Å². The Morgan fingerprint density at radius 1 is 0.265 bits per heavy atom. The summed E-state index contributed by atoms with van der Waals surface area (Å²) in [6.07, 6.45) is 0. The molecule has 4 radical (unpaired) electrons. The summed E-state index contributed by atoms with van der Waals surface area (Å²) >= 11 is 0. The molecule has 0 rings (SSSR count). The molecule has 0 aromatic carbocycles. The van der Waals surface area contributed by atoms with E-state index in [0.717, 1.165) is 0 Å². The van der Waals surface area contributed by atoms with Crippen molar-refractivity contribution < 1.29 is 98.4 Å². The van der Waals surface area contributed by atoms with Crippen LogP contribution in [-0.4, -0.2) is 229 Å². The predicted molar refractivity (Wildman–Crippen MR) is 79.6 cm³/mol. The first-order valence-corrected chi connectivity index (χ1v) is 12.9. The first-order valence-electron chi connectivity index (χ1n) is 4.29. The van der Waals surface area contributed by atoms with Gasteiger partial charge < -0.3 is 98.4 Å². The Kier molecular flexibility index (Phi) is 187. The van der Waals surface area contributed by atoms with Crippen molar-refractivity contribution in [2.24, 2.45) is 0 Å². The van der Waals surface area contributed by atoms with Gasteiger partial charge in [-0.2, -0.15) is 0 Å². The molecule has 0 aromatic heterocycles. The summed E-state index contributed by atoms with van der Waals surface area (Å²) in [6, 6.07) is 0. The molecule has 34 heteroatoms. The van der Waals surface area contributed by atoms with Gasteiger partial charge in [0.25, 0.3) is 0 Å². The minimum absolute atomic E-state index is 0. The van der Waals surface area contributed by atoms with Crippen LogP contribution in [0.5, 0.6) is 0 Å². The molecule has 0 heterocycles. The zero-order valence-electron chi connectivity index (χ0n) is 15.6. The van der Waals surface area contributed by atoms with Gasteiger partial charge in [-0.1, -0.05) is 0 Å². The third-order valence-electron chi connectivity index (χ3n) is 0. The van der Waals surface area contributed by atoms with Gasteiger partial charge in [0.2, 0.25) is 0 Å². The molecular formula is Al2Ca2O21Pb2Si7. The molecule has 0 amide bonds. The van der Waals surface area contributed by atoms with E-state index >= 15 is 0 Å². The van der Waals surface area contributed by atoms with Crippen molar-refractivity contribution >= 4 is 229 Å². The molecule has 0 saturated carbocycles. The van der Waals surface area contributed by atoms with E-state index < -0.39 is 64.2 Å². The van der Waals surface area contributed by atoms with Crippen LogP contribution in [0.4, 0.5) is 0 Å². The van der Waals surface area contributed by atoms with Crippen molar-refractivity contribution in [3.63, 3.8) is 0 Å². The summed E-state index contributed by atoms with van der Waals surface area (Å²) in [5, 5.41) is 0. The number of hydrogen-bond acceptors (Lipinski definition) is 21. The third kappa shape index (κ3) is 5240. The summed E-state index contributed by atoms with van der Waals surface area (Å²) in [7, 11) is -25.4. The van der Waals surface area contributed by atoms with Gasteiger partial charge >= 0.3 is 165 Å². The standard InChI is InChI=1S/2Al.2Ca.7O3Si.2Pb/c;;;;7*1-4(2)3;;/q2*+3;2*+2;7*-2;2*+2. The van der Waals surface area contributed by atoms with Crippen LogP contribution in [-0.2, 0) is 31.2 Å². The molecule has 0 atom stereocenters. The molecule has 0 aliphatic rings. The van der Waals surface area contributed by atoms with Gasteiger partial charge in [0.15, 0.2) is 0 Å². The molecule has 0 aliphatic heterocycles. The van der Waals surface area contributed by atoms with E-state index in [-0.39, 0.29) is 165 Å². The van der Waals surface area contributed by atoms with Crippen LogP contribution < -0.4 is 67.1 Å². The largest absolute Gasteiger partial charge is 3.00 e.